The highest BCUT2D eigenvalue weighted by Crippen LogP contribution is 2.30. The largest absolute Gasteiger partial charge is 0.480 e. The van der Waals surface area contributed by atoms with Crippen LogP contribution >= 0.6 is 0 Å². The molecule has 1 rings (SSSR count). The molecule has 2 N–H and O–H groups in total. The second kappa shape index (κ2) is 6.59. The second-order valence-electron chi connectivity index (χ2n) is 4.76. The number of nitrogens with zero attached hydrogens (tertiary/aromatic N) is 1. The van der Waals surface area contributed by atoms with Gasteiger partial charge in [0.1, 0.15) is 6.54 Å². The van der Waals surface area contributed by atoms with Crippen LogP contribution in [-0.4, -0.2) is 48.1 Å². The molecule has 1 aliphatic carbocycles. The molecular formula is C12H22N2O3. The summed E-state index contributed by atoms with van der Waals surface area (Å²) in [4.78, 5) is 24.3. The van der Waals surface area contributed by atoms with E-state index in [-0.39, 0.29) is 18.4 Å². The Bertz CT molecular complexity index is 277. The van der Waals surface area contributed by atoms with Gasteiger partial charge in [0.05, 0.1) is 0 Å². The Morgan fingerprint density at radius 1 is 1.47 bits per heavy atom. The molecule has 1 aliphatic rings. The Morgan fingerprint density at radius 3 is 2.59 bits per heavy atom. The van der Waals surface area contributed by atoms with E-state index in [0.717, 1.165) is 19.4 Å². The van der Waals surface area contributed by atoms with Crippen LogP contribution < -0.4 is 5.32 Å². The van der Waals surface area contributed by atoms with Gasteiger partial charge in [0.15, 0.2) is 0 Å². The van der Waals surface area contributed by atoms with Crippen molar-refractivity contribution in [2.24, 2.45) is 11.8 Å². The van der Waals surface area contributed by atoms with Crippen LogP contribution in [0.1, 0.15) is 26.7 Å². The molecule has 1 fully saturated rings. The molecule has 17 heavy (non-hydrogen) atoms. The van der Waals surface area contributed by atoms with E-state index in [1.807, 2.05) is 13.8 Å². The first-order valence-electron chi connectivity index (χ1n) is 6.25. The summed E-state index contributed by atoms with van der Waals surface area (Å²) in [6, 6.07) is 0. The fraction of sp³-hybridized carbons (Fsp3) is 0.833. The molecule has 1 amide bonds. The Morgan fingerprint density at radius 2 is 2.12 bits per heavy atom. The normalized spacial score (nSPS) is 16.6. The van der Waals surface area contributed by atoms with Gasteiger partial charge in [-0.25, -0.2) is 0 Å². The first-order chi connectivity index (χ1) is 8.04. The Balaban J connectivity index is 2.47. The maximum atomic E-state index is 12.1. The molecule has 0 bridgehead atoms. The number of aliphatic carboxylic acids is 1. The second-order valence-corrected chi connectivity index (χ2v) is 4.76. The lowest BCUT2D eigenvalue weighted by molar-refractivity contribution is -0.146. The summed E-state index contributed by atoms with van der Waals surface area (Å²) in [5.41, 5.74) is 0. The van der Waals surface area contributed by atoms with Gasteiger partial charge in [-0.05, 0) is 25.3 Å². The van der Waals surface area contributed by atoms with E-state index in [0.29, 0.717) is 19.0 Å². The van der Waals surface area contributed by atoms with E-state index in [2.05, 4.69) is 5.32 Å². The number of carbonyl (C=O) groups excluding carboxylic acids is 1. The maximum absolute atomic E-state index is 12.1. The number of nitrogens with one attached hydrogen (secondary N) is 1. The van der Waals surface area contributed by atoms with Crippen LogP contribution in [0, 0.1) is 11.8 Å². The number of hydrogen-bond donors (Lipinski definition) is 2. The van der Waals surface area contributed by atoms with Crippen LogP contribution in [0.15, 0.2) is 0 Å². The number of carbonyl (C=O) groups is 2. The molecule has 0 spiro atoms. The fourth-order valence-electron chi connectivity index (χ4n) is 1.77. The SMILES string of the molecule is CCNCC(C)C(=O)N(CC(=O)O)CC1CC1. The monoisotopic (exact) mass is 242 g/mol. The van der Waals surface area contributed by atoms with Crippen molar-refractivity contribution in [3.8, 4) is 0 Å². The summed E-state index contributed by atoms with van der Waals surface area (Å²) >= 11 is 0. The van der Waals surface area contributed by atoms with Gasteiger partial charge in [0.25, 0.3) is 0 Å². The summed E-state index contributed by atoms with van der Waals surface area (Å²) < 4.78 is 0. The first-order valence-corrected chi connectivity index (χ1v) is 6.25. The quantitative estimate of drug-likeness (QED) is 0.652. The average molecular weight is 242 g/mol. The maximum Gasteiger partial charge on any atom is 0.323 e. The molecule has 0 aromatic heterocycles. The molecule has 5 heteroatoms. The first kappa shape index (κ1) is 14.0. The Hall–Kier alpha value is -1.10. The molecule has 1 unspecified atom stereocenters. The number of amides is 1. The Kier molecular flexibility index (Phi) is 5.41. The lowest BCUT2D eigenvalue weighted by Gasteiger charge is -2.24. The van der Waals surface area contributed by atoms with Crippen molar-refractivity contribution in [3.05, 3.63) is 0 Å². The number of hydrogen-bond acceptors (Lipinski definition) is 3. The summed E-state index contributed by atoms with van der Waals surface area (Å²) in [5, 5.41) is 11.9. The van der Waals surface area contributed by atoms with Gasteiger partial charge in [-0.3, -0.25) is 9.59 Å². The van der Waals surface area contributed by atoms with E-state index in [1.165, 1.54) is 4.90 Å². The minimum Gasteiger partial charge on any atom is -0.480 e. The zero-order valence-electron chi connectivity index (χ0n) is 10.6. The summed E-state index contributed by atoms with van der Waals surface area (Å²) in [7, 11) is 0. The lowest BCUT2D eigenvalue weighted by atomic mass is 10.1. The van der Waals surface area contributed by atoms with E-state index < -0.39 is 5.97 Å². The lowest BCUT2D eigenvalue weighted by Crippen LogP contribution is -2.42. The minimum absolute atomic E-state index is 0.0553. The molecule has 0 saturated heterocycles. The summed E-state index contributed by atoms with van der Waals surface area (Å²) in [6.45, 7) is 5.67. The van der Waals surface area contributed by atoms with Gasteiger partial charge >= 0.3 is 5.97 Å². The van der Waals surface area contributed by atoms with Crippen molar-refractivity contribution in [2.75, 3.05) is 26.2 Å². The van der Waals surface area contributed by atoms with Crippen molar-refractivity contribution in [2.45, 2.75) is 26.7 Å². The van der Waals surface area contributed by atoms with Gasteiger partial charge in [-0.2, -0.15) is 0 Å². The molecule has 1 atom stereocenters. The Labute approximate surface area is 102 Å². The van der Waals surface area contributed by atoms with Crippen LogP contribution in [0.25, 0.3) is 0 Å². The van der Waals surface area contributed by atoms with Crippen molar-refractivity contribution in [1.29, 1.82) is 0 Å². The van der Waals surface area contributed by atoms with Crippen molar-refractivity contribution in [1.82, 2.24) is 10.2 Å². The van der Waals surface area contributed by atoms with Gasteiger partial charge in [0.2, 0.25) is 5.91 Å². The van der Waals surface area contributed by atoms with Crippen molar-refractivity contribution >= 4 is 11.9 Å². The predicted octanol–water partition coefficient (Wildman–Crippen LogP) is 0.555. The summed E-state index contributed by atoms with van der Waals surface area (Å²) in [5.74, 6) is -0.632. The molecule has 1 saturated carbocycles. The van der Waals surface area contributed by atoms with E-state index in [4.69, 9.17) is 5.11 Å². The zero-order chi connectivity index (χ0) is 12.8. The molecule has 0 aromatic rings. The van der Waals surface area contributed by atoms with Crippen LogP contribution in [0.2, 0.25) is 0 Å². The molecule has 0 aromatic carbocycles. The highest BCUT2D eigenvalue weighted by molar-refractivity contribution is 5.83. The number of carboxylic acids is 1. The third kappa shape index (κ3) is 5.17. The predicted molar refractivity (Wildman–Crippen MR) is 64.6 cm³/mol. The average Bonchev–Trinajstić information content (AvgIpc) is 3.07. The van der Waals surface area contributed by atoms with E-state index in [1.54, 1.807) is 0 Å². The van der Waals surface area contributed by atoms with Crippen LogP contribution in [0.5, 0.6) is 0 Å². The van der Waals surface area contributed by atoms with Gasteiger partial charge in [-0.15, -0.1) is 0 Å². The van der Waals surface area contributed by atoms with Crippen molar-refractivity contribution < 1.29 is 14.7 Å². The van der Waals surface area contributed by atoms with E-state index in [9.17, 15) is 9.59 Å². The van der Waals surface area contributed by atoms with Crippen molar-refractivity contribution in [3.63, 3.8) is 0 Å². The molecule has 5 nitrogen and oxygen atoms in total. The van der Waals surface area contributed by atoms with Gasteiger partial charge in [-0.1, -0.05) is 13.8 Å². The highest BCUT2D eigenvalue weighted by atomic mass is 16.4. The molecule has 0 aliphatic heterocycles. The van der Waals surface area contributed by atoms with Gasteiger partial charge in [0, 0.05) is 19.0 Å². The third-order valence-electron chi connectivity index (χ3n) is 2.94. The topological polar surface area (TPSA) is 69.6 Å². The molecule has 0 heterocycles. The minimum atomic E-state index is -0.936. The van der Waals surface area contributed by atoms with Gasteiger partial charge < -0.3 is 15.3 Å². The summed E-state index contributed by atoms with van der Waals surface area (Å²) in [6.07, 6.45) is 2.23. The molecular weight excluding hydrogens is 220 g/mol. The van der Waals surface area contributed by atoms with Crippen LogP contribution in [0.3, 0.4) is 0 Å². The smallest absolute Gasteiger partial charge is 0.323 e. The fourth-order valence-corrected chi connectivity index (χ4v) is 1.77. The van der Waals surface area contributed by atoms with Crippen LogP contribution in [0.4, 0.5) is 0 Å². The number of carboxylic acid groups (broad SMARTS) is 1. The highest BCUT2D eigenvalue weighted by Gasteiger charge is 2.29. The standard InChI is InChI=1S/C12H22N2O3/c1-3-13-6-9(2)12(17)14(8-11(15)16)7-10-4-5-10/h9-10,13H,3-8H2,1-2H3,(H,15,16). The molecule has 0 radical (unpaired) electrons. The van der Waals surface area contributed by atoms with E-state index >= 15 is 0 Å². The molecule has 98 valence electrons. The number of rotatable bonds is 8. The third-order valence-corrected chi connectivity index (χ3v) is 2.94. The van der Waals surface area contributed by atoms with Crippen LogP contribution in [-0.2, 0) is 9.59 Å². The zero-order valence-corrected chi connectivity index (χ0v) is 10.6.